The topological polar surface area (TPSA) is 91.7 Å². The minimum Gasteiger partial charge on any atom is -0.478 e. The Morgan fingerprint density at radius 2 is 0.640 bits per heavy atom. The van der Waals surface area contributed by atoms with Gasteiger partial charge in [0.05, 0.1) is 6.61 Å². The number of ketones is 1. The van der Waals surface area contributed by atoms with E-state index >= 15 is 0 Å². The van der Waals surface area contributed by atoms with Crippen molar-refractivity contribution in [2.75, 3.05) is 6.61 Å². The Hall–Kier alpha value is -6.43. The number of hydrogen-bond acceptors (Lipinski definition) is 4. The van der Waals surface area contributed by atoms with Gasteiger partial charge in [-0.15, -0.1) is 0 Å². The van der Waals surface area contributed by atoms with Crippen molar-refractivity contribution in [3.63, 3.8) is 0 Å². The van der Waals surface area contributed by atoms with E-state index < -0.39 is 5.97 Å². The Labute approximate surface area is 525 Å². The molecule has 0 aromatic rings. The number of carboxylic acid groups (broad SMARTS) is 1. The number of aliphatic hydroxyl groups excluding tert-OH is 1. The fourth-order valence-corrected chi connectivity index (χ4v) is 11.5. The number of carboxylic acids is 1. The highest BCUT2D eigenvalue weighted by molar-refractivity contribution is 5.88. The Morgan fingerprint density at radius 1 is 0.384 bits per heavy atom. The average molecular weight is 1170 g/mol. The lowest BCUT2D eigenvalue weighted by Crippen LogP contribution is -2.19. The van der Waals surface area contributed by atoms with Crippen molar-refractivity contribution in [3.05, 3.63) is 235 Å². The standard InChI is InChI=1S/C21H30O.C20H28O2.C20H30O.C20H28O/c1-16(9-7-10-17(2)15-19(4)22)12-13-20-18(3)11-8-14-21(20,5)6;1-15(8-6-9-16(2)14-19(21)22)11-12-18-17(3)10-7-13-20(18,4)5;2*1-16(8-6-9-17(2)13-15-21)11-12-19-18(3)10-7-14-20(19,4)5/h7,9-10,12-13,15H,8,11,14H2,1-6H3;6,8-9,11-12,14H,7,10,13H2,1-5H3,(H,21,22);6,8-9,11-13,21H,7,10,14-15H2,1-5H3;6,8-9,11-13,15H,7,10,14H2,1-5H3/b10-7+,13-12+,16-9+,17-15+;9-6-,12-11+,15-8+,16-14+;2*9-6+,12-11+,16-8+,17-13+. The summed E-state index contributed by atoms with van der Waals surface area (Å²) in [7, 11) is 0. The van der Waals surface area contributed by atoms with Gasteiger partial charge in [0.1, 0.15) is 6.29 Å². The van der Waals surface area contributed by atoms with Gasteiger partial charge in [-0.25, -0.2) is 4.79 Å². The first-order chi connectivity index (χ1) is 40.2. The van der Waals surface area contributed by atoms with Crippen LogP contribution in [-0.2, 0) is 14.4 Å². The van der Waals surface area contributed by atoms with Gasteiger partial charge in [0.2, 0.25) is 0 Å². The van der Waals surface area contributed by atoms with Crippen molar-refractivity contribution in [2.45, 2.75) is 222 Å². The molecule has 86 heavy (non-hydrogen) atoms. The molecule has 0 aliphatic heterocycles. The van der Waals surface area contributed by atoms with Gasteiger partial charge in [-0.05, 0) is 240 Å². The molecule has 0 unspecified atom stereocenters. The Bertz CT molecular complexity index is 2840. The molecule has 0 aromatic carbocycles. The molecule has 0 bridgehead atoms. The molecule has 0 radical (unpaired) electrons. The summed E-state index contributed by atoms with van der Waals surface area (Å²) < 4.78 is 0. The van der Waals surface area contributed by atoms with Gasteiger partial charge in [-0.3, -0.25) is 9.59 Å². The van der Waals surface area contributed by atoms with Gasteiger partial charge < -0.3 is 10.2 Å². The summed E-state index contributed by atoms with van der Waals surface area (Å²) >= 11 is 0. The first-order valence-corrected chi connectivity index (χ1v) is 31.6. The van der Waals surface area contributed by atoms with Gasteiger partial charge in [0.25, 0.3) is 0 Å². The predicted octanol–water partition coefficient (Wildman–Crippen LogP) is 22.9. The van der Waals surface area contributed by atoms with Crippen LogP contribution in [0.5, 0.6) is 0 Å². The smallest absolute Gasteiger partial charge is 0.328 e. The summed E-state index contributed by atoms with van der Waals surface area (Å²) in [5, 5.41) is 17.5. The van der Waals surface area contributed by atoms with E-state index in [9.17, 15) is 14.4 Å². The number of carbonyl (C=O) groups is 3. The molecule has 2 N–H and O–H groups in total. The molecule has 4 rings (SSSR count). The molecule has 4 aliphatic carbocycles. The third-order valence-corrected chi connectivity index (χ3v) is 16.6. The zero-order chi connectivity index (χ0) is 65.3. The zero-order valence-corrected chi connectivity index (χ0v) is 57.7. The van der Waals surface area contributed by atoms with Gasteiger partial charge in [-0.1, -0.05) is 233 Å². The van der Waals surface area contributed by atoms with E-state index in [4.69, 9.17) is 10.2 Å². The minimum atomic E-state index is -0.912. The maximum atomic E-state index is 11.0. The summed E-state index contributed by atoms with van der Waals surface area (Å²) in [5.74, 6) is -0.825. The number of aldehydes is 1. The maximum Gasteiger partial charge on any atom is 0.328 e. The first kappa shape index (κ1) is 77.6. The second-order valence-corrected chi connectivity index (χ2v) is 27.0. The van der Waals surface area contributed by atoms with Gasteiger partial charge in [-0.2, -0.15) is 0 Å². The summed E-state index contributed by atoms with van der Waals surface area (Å²) in [5.41, 5.74) is 21.7. The molecule has 0 saturated heterocycles. The molecular formula is C81H116O5. The van der Waals surface area contributed by atoms with Crippen molar-refractivity contribution in [3.8, 4) is 0 Å². The van der Waals surface area contributed by atoms with Gasteiger partial charge in [0, 0.05) is 6.08 Å². The van der Waals surface area contributed by atoms with Crippen molar-refractivity contribution >= 4 is 18.0 Å². The van der Waals surface area contributed by atoms with Crippen molar-refractivity contribution in [2.24, 2.45) is 21.7 Å². The normalized spacial score (nSPS) is 20.5. The number of carbonyl (C=O) groups excluding carboxylic acids is 2. The molecule has 0 spiro atoms. The molecule has 5 nitrogen and oxygen atoms in total. The molecular weight excluding hydrogens is 1050 g/mol. The fourth-order valence-electron chi connectivity index (χ4n) is 11.5. The second-order valence-electron chi connectivity index (χ2n) is 27.0. The maximum absolute atomic E-state index is 11.0. The van der Waals surface area contributed by atoms with Crippen molar-refractivity contribution < 1.29 is 24.6 Å². The summed E-state index contributed by atoms with van der Waals surface area (Å²) in [6.45, 7) is 45.4. The van der Waals surface area contributed by atoms with Gasteiger partial charge in [0.15, 0.2) is 5.78 Å². The fraction of sp³-hybridized carbons (Fsp3) is 0.469. The third kappa shape index (κ3) is 31.8. The highest BCUT2D eigenvalue weighted by Gasteiger charge is 2.29. The van der Waals surface area contributed by atoms with Crippen LogP contribution in [0, 0.1) is 21.7 Å². The van der Waals surface area contributed by atoms with Crippen LogP contribution >= 0.6 is 0 Å². The van der Waals surface area contributed by atoms with E-state index in [2.05, 4.69) is 178 Å². The SMILES string of the molecule is CC(=O)/C=C(C)/C=C/C=C(C)/C=C/C1=C(C)CCCC1(C)C.CC1=C(/C=C/C(C)=C/C=C/C(C)=C/C=O)C(C)(C)CCC1.CC1=C(/C=C/C(C)=C/C=C/C(C)=C/CO)C(C)(C)CCC1.CC1=C(/C=C/C(C)=C/C=C\C(C)=C\C(=O)O)C(C)(C)CCC1. The highest BCUT2D eigenvalue weighted by Crippen LogP contribution is 2.44. The number of aliphatic carboxylic acids is 1. The Balaban J connectivity index is 0.000000573. The van der Waals surface area contributed by atoms with E-state index in [0.717, 1.165) is 34.2 Å². The summed E-state index contributed by atoms with van der Waals surface area (Å²) in [6, 6.07) is 0. The van der Waals surface area contributed by atoms with E-state index in [1.165, 1.54) is 144 Å². The van der Waals surface area contributed by atoms with Crippen LogP contribution in [0.15, 0.2) is 235 Å². The van der Waals surface area contributed by atoms with E-state index in [0.29, 0.717) is 5.41 Å². The Morgan fingerprint density at radius 3 is 0.884 bits per heavy atom. The molecule has 0 aromatic heterocycles. The molecule has 0 saturated carbocycles. The van der Waals surface area contributed by atoms with Crippen molar-refractivity contribution in [1.82, 2.24) is 0 Å². The van der Waals surface area contributed by atoms with E-state index in [1.807, 2.05) is 69.4 Å². The van der Waals surface area contributed by atoms with Crippen LogP contribution in [0.2, 0.25) is 0 Å². The lowest BCUT2D eigenvalue weighted by molar-refractivity contribution is -0.131. The van der Waals surface area contributed by atoms with Crippen molar-refractivity contribution in [1.29, 1.82) is 0 Å². The monoisotopic (exact) mass is 1170 g/mol. The Kier molecular flexibility index (Phi) is 35.5. The molecule has 4 aliphatic rings. The van der Waals surface area contributed by atoms with Crippen LogP contribution in [0.3, 0.4) is 0 Å². The molecule has 0 amide bonds. The molecule has 5 heteroatoms. The number of aliphatic hydroxyl groups is 1. The van der Waals surface area contributed by atoms with Gasteiger partial charge >= 0.3 is 5.97 Å². The molecule has 470 valence electrons. The van der Waals surface area contributed by atoms with Crippen LogP contribution in [0.4, 0.5) is 0 Å². The lowest BCUT2D eigenvalue weighted by atomic mass is 9.72. The van der Waals surface area contributed by atoms with Crippen LogP contribution in [0.25, 0.3) is 0 Å². The van der Waals surface area contributed by atoms with Crippen LogP contribution in [-0.4, -0.2) is 34.9 Å². The van der Waals surface area contributed by atoms with Crippen LogP contribution in [0.1, 0.15) is 222 Å². The number of hydrogen-bond donors (Lipinski definition) is 2. The van der Waals surface area contributed by atoms with Crippen LogP contribution < -0.4 is 0 Å². The van der Waals surface area contributed by atoms with E-state index in [-0.39, 0.29) is 28.6 Å². The summed E-state index contributed by atoms with van der Waals surface area (Å²) in [6.07, 6.45) is 63.9. The number of allylic oxidation sites excluding steroid dienone is 38. The quantitative estimate of drug-likeness (QED) is 0.0720. The number of rotatable bonds is 20. The first-order valence-electron chi connectivity index (χ1n) is 31.6. The average Bonchev–Trinajstić information content (AvgIpc) is 2.42. The zero-order valence-electron chi connectivity index (χ0n) is 57.7. The molecule has 0 heterocycles. The highest BCUT2D eigenvalue weighted by atomic mass is 16.4. The molecule has 0 fully saturated rings. The largest absolute Gasteiger partial charge is 0.478 e. The second kappa shape index (κ2) is 39.4. The molecule has 0 atom stereocenters. The van der Waals surface area contributed by atoms with E-state index in [1.54, 1.807) is 38.2 Å². The summed E-state index contributed by atoms with van der Waals surface area (Å²) in [4.78, 5) is 31.9. The third-order valence-electron chi connectivity index (χ3n) is 16.6. The minimum absolute atomic E-state index is 0.0877. The predicted molar refractivity (Wildman–Crippen MR) is 376 cm³/mol. The lowest BCUT2D eigenvalue weighted by Gasteiger charge is -2.33.